The van der Waals surface area contributed by atoms with Gasteiger partial charge >= 0.3 is 11.9 Å². The molecule has 0 spiro atoms. The fourth-order valence-electron chi connectivity index (χ4n) is 16.8. The SMILES string of the molecule is CNC(=O)Cc1nc(-c2ccc(F)c3c(C(=O)C(=O)N4CCN(C(=O)c5ccccc5)CC4)c[nH]c23)no1.COC(=O)Cc1nc(-c2ccc(F)c3c(C(=O)C(=O)N4CCN(C(=O)c5ccccc5)CC4)c[nH]c23)no1.N/C(=N\O)c1ccc(F)c2c(C(=O)C(=O)N3CCN(C(=O)c4ccccc4)CC3)c[nH]c12.O=C(O)Cc1nc(-c2ccc(F)c3c(C(=O)C(=O)N4CCN(C(=O)c5ccccc5)CC4)c[nH]c23)no1. The van der Waals surface area contributed by atoms with E-state index in [1.54, 1.807) is 117 Å². The number of piperazine rings is 4. The molecule has 0 unspecified atom stereocenters. The highest BCUT2D eigenvalue weighted by molar-refractivity contribution is 6.47. The number of nitrogens with two attached hydrogens (primary N) is 1. The number of ether oxygens (including phenoxy) is 1. The average Bonchev–Trinajstić information content (AvgIpc) is 1.63. The van der Waals surface area contributed by atoms with Crippen LogP contribution in [0.15, 0.2) is 213 Å². The van der Waals surface area contributed by atoms with E-state index in [1.807, 2.05) is 24.3 Å². The molecule has 740 valence electrons. The Labute approximate surface area is 815 Å². The summed E-state index contributed by atoms with van der Waals surface area (Å²) in [7, 11) is 2.71. The predicted molar refractivity (Wildman–Crippen MR) is 503 cm³/mol. The number of amidine groups is 1. The summed E-state index contributed by atoms with van der Waals surface area (Å²) >= 11 is 0. The van der Waals surface area contributed by atoms with Crippen LogP contribution in [0.3, 0.4) is 0 Å². The lowest BCUT2D eigenvalue weighted by molar-refractivity contribution is -0.140. The van der Waals surface area contributed by atoms with Crippen molar-refractivity contribution in [2.24, 2.45) is 10.9 Å². The van der Waals surface area contributed by atoms with Crippen molar-refractivity contribution in [1.82, 2.24) is 94.9 Å². The number of carbonyl (C=O) groups excluding carboxylic acids is 14. The Morgan fingerprint density at radius 2 is 0.614 bits per heavy atom. The van der Waals surface area contributed by atoms with E-state index >= 15 is 0 Å². The summed E-state index contributed by atoms with van der Waals surface area (Å²) in [6.07, 6.45) is 4.18. The van der Waals surface area contributed by atoms with Crippen LogP contribution in [0, 0.1) is 23.3 Å². The summed E-state index contributed by atoms with van der Waals surface area (Å²) < 4.78 is 78.8. The van der Waals surface area contributed by atoms with Crippen molar-refractivity contribution in [1.29, 1.82) is 0 Å². The highest BCUT2D eigenvalue weighted by Crippen LogP contribution is 2.36. The van der Waals surface area contributed by atoms with Crippen LogP contribution in [-0.4, -0.2) is 313 Å². The molecular formula is C99H85F4N21O21. The minimum atomic E-state index is -1.16. The van der Waals surface area contributed by atoms with Gasteiger partial charge in [0, 0.05) is 203 Å². The molecule has 0 atom stereocenters. The van der Waals surface area contributed by atoms with Gasteiger partial charge in [0.1, 0.15) is 42.5 Å². The summed E-state index contributed by atoms with van der Waals surface area (Å²) in [5, 5.41) is 34.2. The molecule has 4 saturated heterocycles. The number of Topliss-reactive ketones (excluding diaryl/α,β-unsaturated/α-hetero) is 4. The summed E-state index contributed by atoms with van der Waals surface area (Å²) in [5.74, 6) is -12.3. The molecule has 4 fully saturated rings. The molecule has 145 heavy (non-hydrogen) atoms. The quantitative estimate of drug-likeness (QED) is 0.00469. The lowest BCUT2D eigenvalue weighted by Gasteiger charge is -2.34. The van der Waals surface area contributed by atoms with Gasteiger partial charge in [-0.3, -0.25) is 71.9 Å². The zero-order valence-electron chi connectivity index (χ0n) is 76.9. The van der Waals surface area contributed by atoms with Gasteiger partial charge in [-0.05, 0) is 97.1 Å². The number of benzene rings is 8. The first-order valence-corrected chi connectivity index (χ1v) is 44.9. The van der Waals surface area contributed by atoms with Crippen molar-refractivity contribution in [3.8, 4) is 34.2 Å². The molecule has 15 aromatic rings. The second-order valence-electron chi connectivity index (χ2n) is 33.0. The smallest absolute Gasteiger partial charge is 0.315 e. The van der Waals surface area contributed by atoms with Crippen molar-refractivity contribution >= 4 is 138 Å². The largest absolute Gasteiger partial charge is 0.481 e. The summed E-state index contributed by atoms with van der Waals surface area (Å²) in [5.41, 5.74) is 9.12. The van der Waals surface area contributed by atoms with Gasteiger partial charge in [0.05, 0.1) is 51.4 Å². The molecule has 7 aromatic heterocycles. The van der Waals surface area contributed by atoms with E-state index in [-0.39, 0.29) is 265 Å². The Balaban J connectivity index is 0.000000139. The third-order valence-corrected chi connectivity index (χ3v) is 24.3. The second kappa shape index (κ2) is 43.7. The Morgan fingerprint density at radius 3 is 0.883 bits per heavy atom. The van der Waals surface area contributed by atoms with E-state index in [9.17, 15) is 89.5 Å². The molecule has 4 aliphatic rings. The van der Waals surface area contributed by atoms with Crippen LogP contribution in [0.2, 0.25) is 0 Å². The van der Waals surface area contributed by atoms with Gasteiger partial charge in [0.2, 0.25) is 41.1 Å². The van der Waals surface area contributed by atoms with Gasteiger partial charge in [0.25, 0.3) is 70.4 Å². The van der Waals surface area contributed by atoms with Crippen molar-refractivity contribution in [2.45, 2.75) is 19.3 Å². The number of rotatable bonds is 22. The number of aliphatic carboxylic acids is 1. The maximum Gasteiger partial charge on any atom is 0.315 e. The first-order chi connectivity index (χ1) is 70.0. The number of amides is 9. The third-order valence-electron chi connectivity index (χ3n) is 24.3. The number of carboxylic acids is 1. The molecule has 0 aliphatic carbocycles. The minimum absolute atomic E-state index is 0.00671. The van der Waals surface area contributed by atoms with Crippen LogP contribution < -0.4 is 11.1 Å². The maximum absolute atomic E-state index is 14.9. The van der Waals surface area contributed by atoms with Gasteiger partial charge in [-0.15, -0.1) is 0 Å². The molecule has 4 aliphatic heterocycles. The van der Waals surface area contributed by atoms with Gasteiger partial charge in [0.15, 0.2) is 5.84 Å². The fourth-order valence-corrected chi connectivity index (χ4v) is 16.8. The molecular weight excluding hydrogens is 1900 g/mol. The van der Waals surface area contributed by atoms with Gasteiger partial charge < -0.3 is 98.8 Å². The number of ketones is 4. The van der Waals surface area contributed by atoms with Crippen molar-refractivity contribution < 1.29 is 118 Å². The Kier molecular flexibility index (Phi) is 29.9. The molecule has 9 amide bonds. The number of H-pyrrole nitrogens is 4. The van der Waals surface area contributed by atoms with Crippen LogP contribution in [0.25, 0.3) is 77.8 Å². The number of halogens is 4. The first-order valence-electron chi connectivity index (χ1n) is 44.9. The fraction of sp³-hybridized carbons (Fsp3) is 0.212. The number of nitrogens with one attached hydrogen (secondary N) is 5. The number of oxime groups is 1. The molecule has 0 radical (unpaired) electrons. The van der Waals surface area contributed by atoms with E-state index in [0.717, 1.165) is 24.3 Å². The Hall–Kier alpha value is -18.8. The number of fused-ring (bicyclic) bond motifs is 4. The van der Waals surface area contributed by atoms with Crippen molar-refractivity contribution in [2.75, 3.05) is 119 Å². The average molecular weight is 1980 g/mol. The molecule has 0 bridgehead atoms. The van der Waals surface area contributed by atoms with Gasteiger partial charge in [-0.1, -0.05) is 93.4 Å². The third kappa shape index (κ3) is 21.4. The Bertz CT molecular complexity index is 7370. The molecule has 46 heteroatoms. The number of carbonyl (C=O) groups is 15. The highest BCUT2D eigenvalue weighted by atomic mass is 19.1. The lowest BCUT2D eigenvalue weighted by Crippen LogP contribution is -2.52. The van der Waals surface area contributed by atoms with Crippen molar-refractivity contribution in [3.05, 3.63) is 286 Å². The van der Waals surface area contributed by atoms with E-state index in [2.05, 4.69) is 65.6 Å². The zero-order valence-corrected chi connectivity index (χ0v) is 76.9. The number of carboxylic acid groups (broad SMARTS) is 1. The highest BCUT2D eigenvalue weighted by Gasteiger charge is 2.38. The van der Waals surface area contributed by atoms with Crippen LogP contribution in [0.4, 0.5) is 17.6 Å². The van der Waals surface area contributed by atoms with E-state index in [4.69, 9.17) is 29.6 Å². The number of aromatic nitrogens is 10. The summed E-state index contributed by atoms with van der Waals surface area (Å²) in [6, 6.07) is 45.2. The number of nitrogens with zero attached hydrogens (tertiary/aromatic N) is 15. The maximum atomic E-state index is 14.9. The molecule has 42 nitrogen and oxygen atoms in total. The molecule has 8 aromatic carbocycles. The Morgan fingerprint density at radius 1 is 0.359 bits per heavy atom. The van der Waals surface area contributed by atoms with Gasteiger partial charge in [-0.25, -0.2) is 17.6 Å². The summed E-state index contributed by atoms with van der Waals surface area (Å²) in [6.45, 7) is 3.55. The number of likely N-dealkylation sites (N-methyl/N-ethyl adjacent to an activating group) is 1. The number of hydrogen-bond acceptors (Lipinski definition) is 27. The van der Waals surface area contributed by atoms with Crippen molar-refractivity contribution in [3.63, 3.8) is 0 Å². The molecule has 19 rings (SSSR count). The number of aromatic amines is 4. The summed E-state index contributed by atoms with van der Waals surface area (Å²) in [4.78, 5) is 224. The molecule has 9 N–H and O–H groups in total. The minimum Gasteiger partial charge on any atom is -0.481 e. The van der Waals surface area contributed by atoms with Crippen LogP contribution in [-0.2, 0) is 57.6 Å². The number of hydrogen-bond donors (Lipinski definition) is 8. The normalized spacial score (nSPS) is 13.8. The van der Waals surface area contributed by atoms with Crippen LogP contribution in [0.1, 0.15) is 106 Å². The second-order valence-corrected chi connectivity index (χ2v) is 33.0. The topological polar surface area (TPSA) is 562 Å². The predicted octanol–water partition coefficient (Wildman–Crippen LogP) is 7.77. The number of methoxy groups -OCH3 is 1. The molecule has 0 saturated carbocycles. The van der Waals surface area contributed by atoms with E-state index in [0.29, 0.717) is 33.4 Å². The lowest BCUT2D eigenvalue weighted by atomic mass is 10.0. The van der Waals surface area contributed by atoms with E-state index < -0.39 is 88.4 Å². The van der Waals surface area contributed by atoms with Crippen LogP contribution in [0.5, 0.6) is 0 Å². The van der Waals surface area contributed by atoms with Crippen LogP contribution >= 0.6 is 0 Å². The van der Waals surface area contributed by atoms with E-state index in [1.165, 1.54) is 82.8 Å². The zero-order chi connectivity index (χ0) is 103. The first kappa shape index (κ1) is 99.2. The van der Waals surface area contributed by atoms with Gasteiger partial charge in [-0.2, -0.15) is 15.0 Å². The molecule has 11 heterocycles. The standard InChI is InChI=1S/C26H23FN6O5.C26H22FN5O6.C25H20FN5O6.C22H20FN5O4/c1-28-19(34)13-20-30-24(31-38-20)16-7-8-18(27)21-17(14-29-22(16)21)23(35)26(37)33-11-9-32(10-12-33)25(36)15-5-3-2-4-6-15;1-37-20(33)13-19-29-24(30-38-19)16-7-8-18(27)21-17(14-28-22(16)21)23(34)26(36)32-11-9-31(10-12-32)25(35)15-5-3-2-4-6-15;26-17-7-6-15(23-28-18(37-29-23)12-19(32)33)21-20(17)16(13-27-21)22(34)25(36)31-10-8-30(9-11-31)24(35)14-4-2-1-3-5-14;23-16-7-6-14(20(24)26-32)18-17(16)15(12-25-18)19(29)22(31)28-10-8-27(9-11-28)21(30)13-4-2-1-3-5-13/h2-8,14,29H,9-13H2,1H3,(H,28,34);2-8,14,28H,9-13H2,1H3;1-7,13,27H,8-12H2,(H,32,33);1-7,12,25,32H,8-11H2,(H2,24,26). The number of esters is 1. The monoisotopic (exact) mass is 1980 g/mol.